The molecule has 0 saturated carbocycles. The van der Waals surface area contributed by atoms with Crippen molar-refractivity contribution in [3.63, 3.8) is 0 Å². The number of carbonyl (C=O) groups excluding carboxylic acids is 1. The monoisotopic (exact) mass is 281 g/mol. The molecule has 1 fully saturated rings. The molecule has 1 aliphatic rings. The lowest BCUT2D eigenvalue weighted by molar-refractivity contribution is -0.132. The van der Waals surface area contributed by atoms with Crippen LogP contribution in [0.3, 0.4) is 0 Å². The number of hydrogen-bond donors (Lipinski definition) is 0. The number of carbonyl (C=O) groups is 1. The van der Waals surface area contributed by atoms with Gasteiger partial charge in [-0.1, -0.05) is 18.2 Å². The van der Waals surface area contributed by atoms with Gasteiger partial charge in [-0.05, 0) is 25.0 Å². The summed E-state index contributed by atoms with van der Waals surface area (Å²) in [6.07, 6.45) is 3.53. The minimum absolute atomic E-state index is 0.00285. The molecule has 21 heavy (non-hydrogen) atoms. The van der Waals surface area contributed by atoms with Crippen LogP contribution in [-0.4, -0.2) is 30.5 Å². The van der Waals surface area contributed by atoms with Gasteiger partial charge < -0.3 is 9.64 Å². The van der Waals surface area contributed by atoms with Crippen molar-refractivity contribution in [3.05, 3.63) is 35.4 Å². The van der Waals surface area contributed by atoms with Gasteiger partial charge in [-0.2, -0.15) is 10.5 Å². The van der Waals surface area contributed by atoms with Gasteiger partial charge in [-0.3, -0.25) is 4.79 Å². The lowest BCUT2D eigenvalue weighted by Gasteiger charge is -2.16. The number of ether oxygens (including phenoxy) is 1. The van der Waals surface area contributed by atoms with Gasteiger partial charge in [-0.15, -0.1) is 0 Å². The summed E-state index contributed by atoms with van der Waals surface area (Å²) >= 11 is 0. The predicted molar refractivity (Wildman–Crippen MR) is 77.0 cm³/mol. The first-order valence-electron chi connectivity index (χ1n) is 6.76. The number of para-hydroxylation sites is 1. The van der Waals surface area contributed by atoms with Gasteiger partial charge in [0.25, 0.3) is 5.91 Å². The van der Waals surface area contributed by atoms with E-state index in [1.165, 1.54) is 6.08 Å². The molecular formula is C16H15N3O2. The van der Waals surface area contributed by atoms with E-state index in [1.54, 1.807) is 41.3 Å². The second-order valence-electron chi connectivity index (χ2n) is 4.70. The highest BCUT2D eigenvalue weighted by molar-refractivity contribution is 5.78. The average Bonchev–Trinajstić information content (AvgIpc) is 3.05. The summed E-state index contributed by atoms with van der Waals surface area (Å²) in [6, 6.07) is 10.6. The molecule has 0 atom stereocenters. The van der Waals surface area contributed by atoms with Crippen LogP contribution in [0, 0.1) is 22.7 Å². The van der Waals surface area contributed by atoms with Crippen LogP contribution in [-0.2, 0) is 4.79 Å². The van der Waals surface area contributed by atoms with Crippen molar-refractivity contribution in [2.75, 3.05) is 19.7 Å². The van der Waals surface area contributed by atoms with Gasteiger partial charge in [0.05, 0.1) is 0 Å². The Morgan fingerprint density at radius 2 is 1.90 bits per heavy atom. The maximum Gasteiger partial charge on any atom is 0.260 e. The second kappa shape index (κ2) is 7.12. The van der Waals surface area contributed by atoms with Crippen LogP contribution in [0.15, 0.2) is 29.8 Å². The molecule has 1 amide bonds. The highest BCUT2D eigenvalue weighted by atomic mass is 16.5. The lowest BCUT2D eigenvalue weighted by atomic mass is 10.1. The lowest BCUT2D eigenvalue weighted by Crippen LogP contribution is -2.32. The Morgan fingerprint density at radius 1 is 1.24 bits per heavy atom. The van der Waals surface area contributed by atoms with Crippen LogP contribution in [0.5, 0.6) is 5.75 Å². The number of hydrogen-bond acceptors (Lipinski definition) is 4. The molecule has 1 saturated heterocycles. The maximum atomic E-state index is 11.9. The van der Waals surface area contributed by atoms with E-state index in [4.69, 9.17) is 15.3 Å². The summed E-state index contributed by atoms with van der Waals surface area (Å²) < 4.78 is 5.55. The van der Waals surface area contributed by atoms with E-state index < -0.39 is 0 Å². The molecule has 0 N–H and O–H groups in total. The van der Waals surface area contributed by atoms with Crippen molar-refractivity contribution in [3.8, 4) is 17.9 Å². The van der Waals surface area contributed by atoms with E-state index in [1.807, 2.05) is 0 Å². The molecule has 5 heteroatoms. The van der Waals surface area contributed by atoms with Crippen molar-refractivity contribution in [1.29, 1.82) is 10.5 Å². The Morgan fingerprint density at radius 3 is 2.57 bits per heavy atom. The third-order valence-electron chi connectivity index (χ3n) is 3.27. The summed E-state index contributed by atoms with van der Waals surface area (Å²) in [5.41, 5.74) is 0.613. The van der Waals surface area contributed by atoms with Crippen molar-refractivity contribution in [2.24, 2.45) is 0 Å². The van der Waals surface area contributed by atoms with Crippen LogP contribution in [0.2, 0.25) is 0 Å². The fourth-order valence-electron chi connectivity index (χ4n) is 2.17. The number of nitrogens with zero attached hydrogens (tertiary/aromatic N) is 3. The largest absolute Gasteiger partial charge is 0.483 e. The van der Waals surface area contributed by atoms with E-state index in [2.05, 4.69) is 0 Å². The van der Waals surface area contributed by atoms with Gasteiger partial charge in [0, 0.05) is 18.7 Å². The molecule has 2 rings (SSSR count). The number of benzene rings is 1. The molecule has 5 nitrogen and oxygen atoms in total. The van der Waals surface area contributed by atoms with Crippen LogP contribution in [0.1, 0.15) is 18.4 Å². The molecule has 1 heterocycles. The Bertz CT molecular complexity index is 616. The van der Waals surface area contributed by atoms with Gasteiger partial charge in [0.15, 0.2) is 6.61 Å². The van der Waals surface area contributed by atoms with Crippen molar-refractivity contribution in [1.82, 2.24) is 4.90 Å². The van der Waals surface area contributed by atoms with Crippen molar-refractivity contribution in [2.45, 2.75) is 12.8 Å². The third kappa shape index (κ3) is 3.84. The quantitative estimate of drug-likeness (QED) is 0.792. The van der Waals surface area contributed by atoms with E-state index in [0.717, 1.165) is 25.9 Å². The summed E-state index contributed by atoms with van der Waals surface area (Å²) in [4.78, 5) is 13.7. The molecule has 1 aromatic carbocycles. The van der Waals surface area contributed by atoms with Crippen LogP contribution >= 0.6 is 0 Å². The van der Waals surface area contributed by atoms with Crippen molar-refractivity contribution < 1.29 is 9.53 Å². The summed E-state index contributed by atoms with van der Waals surface area (Å²) in [5, 5.41) is 17.6. The van der Waals surface area contributed by atoms with Gasteiger partial charge in [0.2, 0.25) is 0 Å². The minimum Gasteiger partial charge on any atom is -0.483 e. The van der Waals surface area contributed by atoms with E-state index >= 15 is 0 Å². The second-order valence-corrected chi connectivity index (χ2v) is 4.70. The normalized spacial score (nSPS) is 13.1. The maximum absolute atomic E-state index is 11.9. The molecule has 0 aliphatic carbocycles. The number of rotatable bonds is 4. The number of nitriles is 2. The molecule has 0 bridgehead atoms. The Labute approximate surface area is 123 Å². The third-order valence-corrected chi connectivity index (χ3v) is 3.27. The van der Waals surface area contributed by atoms with Crippen LogP contribution in [0.25, 0.3) is 6.08 Å². The van der Waals surface area contributed by atoms with Gasteiger partial charge >= 0.3 is 0 Å². The topological polar surface area (TPSA) is 77.1 Å². The fraction of sp³-hybridized carbons (Fsp3) is 0.312. The zero-order valence-electron chi connectivity index (χ0n) is 11.6. The SMILES string of the molecule is N#CC(C#N)=Cc1ccccc1OCC(=O)N1CCCC1. The molecule has 106 valence electrons. The summed E-state index contributed by atoms with van der Waals surface area (Å²) in [7, 11) is 0. The van der Waals surface area contributed by atoms with Gasteiger partial charge in [0.1, 0.15) is 23.5 Å². The van der Waals surface area contributed by atoms with E-state index in [9.17, 15) is 4.79 Å². The fourth-order valence-corrected chi connectivity index (χ4v) is 2.17. The van der Waals surface area contributed by atoms with Crippen LogP contribution < -0.4 is 4.74 Å². The zero-order valence-corrected chi connectivity index (χ0v) is 11.6. The Balaban J connectivity index is 2.07. The first kappa shape index (κ1) is 14.6. The minimum atomic E-state index is -0.0351. The van der Waals surface area contributed by atoms with E-state index in [0.29, 0.717) is 11.3 Å². The van der Waals surface area contributed by atoms with Crippen LogP contribution in [0.4, 0.5) is 0 Å². The standard InChI is InChI=1S/C16H15N3O2/c17-10-13(11-18)9-14-5-1-2-6-15(14)21-12-16(20)19-7-3-4-8-19/h1-2,5-6,9H,3-4,7-8,12H2. The van der Waals surface area contributed by atoms with Crippen molar-refractivity contribution >= 4 is 12.0 Å². The number of allylic oxidation sites excluding steroid dienone is 1. The Hall–Kier alpha value is -2.79. The summed E-state index contributed by atoms with van der Waals surface area (Å²) in [6.45, 7) is 1.55. The smallest absolute Gasteiger partial charge is 0.260 e. The van der Waals surface area contributed by atoms with Gasteiger partial charge in [-0.25, -0.2) is 0 Å². The average molecular weight is 281 g/mol. The van der Waals surface area contributed by atoms with E-state index in [-0.39, 0.29) is 18.1 Å². The molecular weight excluding hydrogens is 266 g/mol. The zero-order chi connectivity index (χ0) is 15.1. The number of amides is 1. The summed E-state index contributed by atoms with van der Waals surface area (Å²) in [5.74, 6) is 0.458. The molecule has 0 radical (unpaired) electrons. The predicted octanol–water partition coefficient (Wildman–Crippen LogP) is 2.12. The molecule has 0 spiro atoms. The number of likely N-dealkylation sites (tertiary alicyclic amines) is 1. The molecule has 1 aromatic rings. The molecule has 0 aromatic heterocycles. The highest BCUT2D eigenvalue weighted by Crippen LogP contribution is 2.21. The Kier molecular flexibility index (Phi) is 4.95. The first-order chi connectivity index (χ1) is 10.2. The first-order valence-corrected chi connectivity index (χ1v) is 6.76. The molecule has 1 aliphatic heterocycles. The molecule has 0 unspecified atom stereocenters. The highest BCUT2D eigenvalue weighted by Gasteiger charge is 2.18.